The van der Waals surface area contributed by atoms with E-state index in [9.17, 15) is 0 Å². The van der Waals surface area contributed by atoms with Crippen LogP contribution >= 0.6 is 11.8 Å². The monoisotopic (exact) mass is 253 g/mol. The molecule has 3 heteroatoms. The number of hydrogen-bond donors (Lipinski definition) is 1. The number of ether oxygens (including phenoxy) is 1. The molecule has 0 bridgehead atoms. The zero-order chi connectivity index (χ0) is 12.7. The SMILES string of the molecule is CCSCCOc1c(C)cc(CCN)cc1C. The van der Waals surface area contributed by atoms with Gasteiger partial charge in [-0.2, -0.15) is 11.8 Å². The van der Waals surface area contributed by atoms with E-state index >= 15 is 0 Å². The predicted octanol–water partition coefficient (Wildman–Crippen LogP) is 2.94. The van der Waals surface area contributed by atoms with E-state index < -0.39 is 0 Å². The number of benzene rings is 1. The first-order chi connectivity index (χ1) is 8.19. The van der Waals surface area contributed by atoms with Crippen LogP contribution in [0.4, 0.5) is 0 Å². The van der Waals surface area contributed by atoms with Crippen LogP contribution in [0.1, 0.15) is 23.6 Å². The normalized spacial score (nSPS) is 10.6. The third kappa shape index (κ3) is 4.60. The molecule has 0 saturated heterocycles. The molecule has 0 spiro atoms. The summed E-state index contributed by atoms with van der Waals surface area (Å²) in [5.74, 6) is 3.25. The van der Waals surface area contributed by atoms with Gasteiger partial charge in [-0.3, -0.25) is 0 Å². The van der Waals surface area contributed by atoms with Crippen LogP contribution in [0.2, 0.25) is 0 Å². The maximum Gasteiger partial charge on any atom is 0.125 e. The highest BCUT2D eigenvalue weighted by Gasteiger charge is 2.06. The highest BCUT2D eigenvalue weighted by molar-refractivity contribution is 7.99. The zero-order valence-electron chi connectivity index (χ0n) is 11.1. The Labute approximate surface area is 109 Å². The average molecular weight is 253 g/mol. The second kappa shape index (κ2) is 7.62. The average Bonchev–Trinajstić information content (AvgIpc) is 2.27. The maximum atomic E-state index is 5.85. The summed E-state index contributed by atoms with van der Waals surface area (Å²) in [6.45, 7) is 7.87. The number of rotatable bonds is 7. The van der Waals surface area contributed by atoms with Crippen molar-refractivity contribution in [3.8, 4) is 5.75 Å². The fourth-order valence-corrected chi connectivity index (χ4v) is 2.42. The topological polar surface area (TPSA) is 35.2 Å². The van der Waals surface area contributed by atoms with Crippen LogP contribution in [-0.4, -0.2) is 24.7 Å². The van der Waals surface area contributed by atoms with Crippen molar-refractivity contribution < 1.29 is 4.74 Å². The molecule has 2 nitrogen and oxygen atoms in total. The lowest BCUT2D eigenvalue weighted by atomic mass is 10.0. The summed E-state index contributed by atoms with van der Waals surface area (Å²) in [5.41, 5.74) is 9.32. The molecule has 0 heterocycles. The maximum absolute atomic E-state index is 5.85. The van der Waals surface area contributed by atoms with Gasteiger partial charge in [0.2, 0.25) is 0 Å². The van der Waals surface area contributed by atoms with Crippen LogP contribution in [0, 0.1) is 13.8 Å². The summed E-state index contributed by atoms with van der Waals surface area (Å²) >= 11 is 1.91. The number of hydrogen-bond acceptors (Lipinski definition) is 3. The molecule has 0 unspecified atom stereocenters. The Balaban J connectivity index is 2.65. The Morgan fingerprint density at radius 1 is 1.24 bits per heavy atom. The molecule has 0 atom stereocenters. The van der Waals surface area contributed by atoms with Crippen LogP contribution in [0.3, 0.4) is 0 Å². The minimum Gasteiger partial charge on any atom is -0.492 e. The van der Waals surface area contributed by atoms with E-state index in [1.165, 1.54) is 16.7 Å². The van der Waals surface area contributed by atoms with Gasteiger partial charge in [0.1, 0.15) is 5.75 Å². The molecule has 0 amide bonds. The number of thioether (sulfide) groups is 1. The standard InChI is InChI=1S/C14H23NOS/c1-4-17-8-7-16-14-11(2)9-13(5-6-15)10-12(14)3/h9-10H,4-8,15H2,1-3H3. The molecule has 2 N–H and O–H groups in total. The van der Waals surface area contributed by atoms with Gasteiger partial charge < -0.3 is 10.5 Å². The zero-order valence-corrected chi connectivity index (χ0v) is 11.9. The van der Waals surface area contributed by atoms with Gasteiger partial charge in [-0.05, 0) is 49.3 Å². The third-order valence-electron chi connectivity index (χ3n) is 2.63. The van der Waals surface area contributed by atoms with Gasteiger partial charge >= 0.3 is 0 Å². The van der Waals surface area contributed by atoms with Gasteiger partial charge in [0.15, 0.2) is 0 Å². The Bertz CT molecular complexity index is 329. The van der Waals surface area contributed by atoms with E-state index in [-0.39, 0.29) is 0 Å². The minimum absolute atomic E-state index is 0.701. The Morgan fingerprint density at radius 2 is 1.88 bits per heavy atom. The van der Waals surface area contributed by atoms with Crippen molar-refractivity contribution in [1.29, 1.82) is 0 Å². The van der Waals surface area contributed by atoms with Gasteiger partial charge in [0.05, 0.1) is 6.61 Å². The van der Waals surface area contributed by atoms with Crippen molar-refractivity contribution >= 4 is 11.8 Å². The van der Waals surface area contributed by atoms with Crippen LogP contribution in [0.5, 0.6) is 5.75 Å². The highest BCUT2D eigenvalue weighted by atomic mass is 32.2. The molecule has 0 aliphatic carbocycles. The molecule has 1 rings (SSSR count). The van der Waals surface area contributed by atoms with Crippen LogP contribution in [0.15, 0.2) is 12.1 Å². The van der Waals surface area contributed by atoms with Gasteiger partial charge in [0, 0.05) is 5.75 Å². The molecule has 17 heavy (non-hydrogen) atoms. The molecular weight excluding hydrogens is 230 g/mol. The summed E-state index contributed by atoms with van der Waals surface area (Å²) in [7, 11) is 0. The number of nitrogens with two attached hydrogens (primary N) is 1. The van der Waals surface area contributed by atoms with E-state index in [2.05, 4.69) is 32.9 Å². The second-order valence-corrected chi connectivity index (χ2v) is 5.54. The van der Waals surface area contributed by atoms with Gasteiger partial charge in [0.25, 0.3) is 0 Å². The molecule has 1 aromatic carbocycles. The van der Waals surface area contributed by atoms with Crippen molar-refractivity contribution in [2.45, 2.75) is 27.2 Å². The third-order valence-corrected chi connectivity index (χ3v) is 3.49. The van der Waals surface area contributed by atoms with E-state index in [0.717, 1.165) is 30.3 Å². The summed E-state index contributed by atoms with van der Waals surface area (Å²) < 4.78 is 5.85. The first kappa shape index (κ1) is 14.4. The van der Waals surface area contributed by atoms with Crippen molar-refractivity contribution in [3.05, 3.63) is 28.8 Å². The summed E-state index contributed by atoms with van der Waals surface area (Å²) in [6.07, 6.45) is 0.938. The number of aryl methyl sites for hydroxylation is 2. The molecular formula is C14H23NOS. The fraction of sp³-hybridized carbons (Fsp3) is 0.571. The minimum atomic E-state index is 0.701. The highest BCUT2D eigenvalue weighted by Crippen LogP contribution is 2.25. The van der Waals surface area contributed by atoms with Gasteiger partial charge in [-0.15, -0.1) is 0 Å². The van der Waals surface area contributed by atoms with E-state index in [0.29, 0.717) is 6.54 Å². The molecule has 0 aliphatic heterocycles. The molecule has 0 fully saturated rings. The van der Waals surface area contributed by atoms with Crippen LogP contribution in [0.25, 0.3) is 0 Å². The van der Waals surface area contributed by atoms with Crippen LogP contribution in [-0.2, 0) is 6.42 Å². The van der Waals surface area contributed by atoms with Crippen molar-refractivity contribution in [2.24, 2.45) is 5.73 Å². The van der Waals surface area contributed by atoms with E-state index in [4.69, 9.17) is 10.5 Å². The van der Waals surface area contributed by atoms with Gasteiger partial charge in [-0.25, -0.2) is 0 Å². The lowest BCUT2D eigenvalue weighted by Gasteiger charge is -2.13. The lowest BCUT2D eigenvalue weighted by molar-refractivity contribution is 0.339. The fourth-order valence-electron chi connectivity index (χ4n) is 1.93. The summed E-state index contributed by atoms with van der Waals surface area (Å²) in [6, 6.07) is 4.37. The molecule has 0 aromatic heterocycles. The van der Waals surface area contributed by atoms with Crippen molar-refractivity contribution in [2.75, 3.05) is 24.7 Å². The molecule has 96 valence electrons. The van der Waals surface area contributed by atoms with Crippen molar-refractivity contribution in [3.63, 3.8) is 0 Å². The first-order valence-electron chi connectivity index (χ1n) is 6.19. The molecule has 0 saturated carbocycles. The largest absolute Gasteiger partial charge is 0.492 e. The van der Waals surface area contributed by atoms with E-state index in [1.807, 2.05) is 11.8 Å². The van der Waals surface area contributed by atoms with E-state index in [1.54, 1.807) is 0 Å². The van der Waals surface area contributed by atoms with Gasteiger partial charge in [-0.1, -0.05) is 19.1 Å². The Hall–Kier alpha value is -0.670. The summed E-state index contributed by atoms with van der Waals surface area (Å²) in [5, 5.41) is 0. The molecule has 1 aromatic rings. The van der Waals surface area contributed by atoms with Crippen molar-refractivity contribution in [1.82, 2.24) is 0 Å². The smallest absolute Gasteiger partial charge is 0.125 e. The Morgan fingerprint density at radius 3 is 2.41 bits per heavy atom. The lowest BCUT2D eigenvalue weighted by Crippen LogP contribution is -2.06. The predicted molar refractivity (Wildman–Crippen MR) is 77.2 cm³/mol. The first-order valence-corrected chi connectivity index (χ1v) is 7.35. The Kier molecular flexibility index (Phi) is 6.45. The van der Waals surface area contributed by atoms with Crippen LogP contribution < -0.4 is 10.5 Å². The second-order valence-electron chi connectivity index (χ2n) is 4.14. The quantitative estimate of drug-likeness (QED) is 0.759. The summed E-state index contributed by atoms with van der Waals surface area (Å²) in [4.78, 5) is 0. The molecule has 0 radical (unpaired) electrons. The molecule has 0 aliphatic rings.